The van der Waals surface area contributed by atoms with E-state index in [1.54, 1.807) is 0 Å². The van der Waals surface area contributed by atoms with Gasteiger partial charge in [-0.15, -0.1) is 0 Å². The number of likely N-dealkylation sites (N-methyl/N-ethyl adjacent to an activating group) is 1. The maximum absolute atomic E-state index is 12.1. The van der Waals surface area contributed by atoms with Gasteiger partial charge >= 0.3 is 5.97 Å². The third-order valence-electron chi connectivity index (χ3n) is 2.00. The van der Waals surface area contributed by atoms with Crippen molar-refractivity contribution in [3.63, 3.8) is 0 Å². The number of carboxylic acid groups (broad SMARTS) is 1. The molecule has 1 heterocycles. The molecular weight excluding hydrogens is 272 g/mol. The van der Waals surface area contributed by atoms with E-state index < -0.39 is 35.5 Å². The van der Waals surface area contributed by atoms with Crippen LogP contribution in [0, 0.1) is 0 Å². The van der Waals surface area contributed by atoms with E-state index in [1.165, 1.54) is 0 Å². The summed E-state index contributed by atoms with van der Waals surface area (Å²) in [5.41, 5.74) is 0. The second kappa shape index (κ2) is 5.40. The fourth-order valence-electron chi connectivity index (χ4n) is 1.17. The SMILES string of the molecule is CN(CC(=O)O)S(=O)(=O)c1cnn(CC(F)F)c1. The molecule has 0 aliphatic heterocycles. The van der Waals surface area contributed by atoms with Gasteiger partial charge in [-0.05, 0) is 0 Å². The lowest BCUT2D eigenvalue weighted by atomic mass is 10.7. The number of hydrogen-bond acceptors (Lipinski definition) is 4. The predicted molar refractivity (Wildman–Crippen MR) is 55.7 cm³/mol. The number of aromatic nitrogens is 2. The summed E-state index contributed by atoms with van der Waals surface area (Å²) in [6, 6.07) is 0. The van der Waals surface area contributed by atoms with Crippen LogP contribution in [-0.4, -0.2) is 53.6 Å². The first-order valence-corrected chi connectivity index (χ1v) is 6.16. The maximum Gasteiger partial charge on any atom is 0.318 e. The smallest absolute Gasteiger partial charge is 0.318 e. The number of carboxylic acids is 1. The molecule has 0 aliphatic rings. The van der Waals surface area contributed by atoms with Crippen LogP contribution in [0.25, 0.3) is 0 Å². The zero-order valence-electron chi connectivity index (χ0n) is 9.32. The number of carbonyl (C=O) groups is 1. The molecule has 0 amide bonds. The molecule has 18 heavy (non-hydrogen) atoms. The molecule has 0 saturated heterocycles. The van der Waals surface area contributed by atoms with Crippen LogP contribution in [0.1, 0.15) is 0 Å². The molecule has 0 spiro atoms. The molecule has 1 rings (SSSR count). The number of halogens is 2. The number of nitrogens with zero attached hydrogens (tertiary/aromatic N) is 3. The van der Waals surface area contributed by atoms with Crippen LogP contribution in [0.5, 0.6) is 0 Å². The lowest BCUT2D eigenvalue weighted by Crippen LogP contribution is -2.31. The van der Waals surface area contributed by atoms with Crippen molar-refractivity contribution in [1.29, 1.82) is 0 Å². The van der Waals surface area contributed by atoms with Crippen molar-refractivity contribution in [3.8, 4) is 0 Å². The fourth-order valence-corrected chi connectivity index (χ4v) is 2.25. The summed E-state index contributed by atoms with van der Waals surface area (Å²) in [6.07, 6.45) is -0.826. The minimum atomic E-state index is -4.02. The van der Waals surface area contributed by atoms with Gasteiger partial charge in [0.15, 0.2) is 0 Å². The van der Waals surface area contributed by atoms with Crippen LogP contribution in [-0.2, 0) is 21.4 Å². The summed E-state index contributed by atoms with van der Waals surface area (Å²) in [6.45, 7) is -1.44. The fraction of sp³-hybridized carbons (Fsp3) is 0.500. The summed E-state index contributed by atoms with van der Waals surface area (Å²) in [7, 11) is -2.95. The highest BCUT2D eigenvalue weighted by Gasteiger charge is 2.24. The summed E-state index contributed by atoms with van der Waals surface area (Å²) in [5, 5.41) is 12.0. The third-order valence-corrected chi connectivity index (χ3v) is 3.76. The standard InChI is InChI=1S/C8H11F2N3O4S/c1-12(5-8(14)15)18(16,17)6-2-11-13(3-6)4-7(9)10/h2-3,7H,4-5H2,1H3,(H,14,15). The van der Waals surface area contributed by atoms with Crippen molar-refractivity contribution in [3.05, 3.63) is 12.4 Å². The first-order chi connectivity index (χ1) is 8.23. The summed E-state index contributed by atoms with van der Waals surface area (Å²) >= 11 is 0. The van der Waals surface area contributed by atoms with Gasteiger partial charge in [0, 0.05) is 13.2 Å². The number of aliphatic carboxylic acids is 1. The van der Waals surface area contributed by atoms with Gasteiger partial charge < -0.3 is 5.11 Å². The highest BCUT2D eigenvalue weighted by Crippen LogP contribution is 2.13. The Labute approximate surface area is 102 Å². The van der Waals surface area contributed by atoms with Gasteiger partial charge in [-0.3, -0.25) is 9.48 Å². The van der Waals surface area contributed by atoms with E-state index in [1.807, 2.05) is 0 Å². The van der Waals surface area contributed by atoms with Crippen molar-refractivity contribution >= 4 is 16.0 Å². The van der Waals surface area contributed by atoms with Gasteiger partial charge in [0.25, 0.3) is 6.43 Å². The molecule has 0 atom stereocenters. The van der Waals surface area contributed by atoms with E-state index in [0.29, 0.717) is 4.31 Å². The normalized spacial score (nSPS) is 12.3. The molecule has 0 aromatic carbocycles. The molecule has 1 N–H and O–H groups in total. The average Bonchev–Trinajstić information content (AvgIpc) is 2.64. The van der Waals surface area contributed by atoms with E-state index in [-0.39, 0.29) is 4.90 Å². The Balaban J connectivity index is 2.91. The third kappa shape index (κ3) is 3.47. The van der Waals surface area contributed by atoms with Crippen LogP contribution in [0.4, 0.5) is 8.78 Å². The van der Waals surface area contributed by atoms with Gasteiger partial charge in [0.1, 0.15) is 18.0 Å². The second-order valence-corrected chi connectivity index (χ2v) is 5.49. The highest BCUT2D eigenvalue weighted by molar-refractivity contribution is 7.89. The molecule has 0 saturated carbocycles. The molecule has 102 valence electrons. The van der Waals surface area contributed by atoms with Crippen molar-refractivity contribution in [1.82, 2.24) is 14.1 Å². The Hall–Kier alpha value is -1.55. The molecule has 1 aromatic rings. The summed E-state index contributed by atoms with van der Waals surface area (Å²) in [4.78, 5) is 10.1. The maximum atomic E-state index is 12.1. The topological polar surface area (TPSA) is 92.5 Å². The molecule has 0 radical (unpaired) electrons. The van der Waals surface area contributed by atoms with Crippen LogP contribution in [0.2, 0.25) is 0 Å². The minimum absolute atomic E-state index is 0.327. The second-order valence-electron chi connectivity index (χ2n) is 3.44. The average molecular weight is 283 g/mol. The highest BCUT2D eigenvalue weighted by atomic mass is 32.2. The lowest BCUT2D eigenvalue weighted by molar-refractivity contribution is -0.137. The van der Waals surface area contributed by atoms with Crippen molar-refractivity contribution < 1.29 is 27.1 Å². The minimum Gasteiger partial charge on any atom is -0.480 e. The van der Waals surface area contributed by atoms with E-state index >= 15 is 0 Å². The van der Waals surface area contributed by atoms with E-state index in [9.17, 15) is 22.0 Å². The lowest BCUT2D eigenvalue weighted by Gasteiger charge is -2.12. The van der Waals surface area contributed by atoms with Crippen LogP contribution >= 0.6 is 0 Å². The zero-order valence-corrected chi connectivity index (χ0v) is 10.1. The molecular formula is C8H11F2N3O4S. The van der Waals surface area contributed by atoms with E-state index in [4.69, 9.17) is 5.11 Å². The first-order valence-electron chi connectivity index (χ1n) is 4.72. The molecule has 0 bridgehead atoms. The van der Waals surface area contributed by atoms with Gasteiger partial charge in [-0.2, -0.15) is 9.40 Å². The molecule has 10 heteroatoms. The van der Waals surface area contributed by atoms with Crippen molar-refractivity contribution in [2.24, 2.45) is 0 Å². The Morgan fingerprint density at radius 1 is 1.61 bits per heavy atom. The van der Waals surface area contributed by atoms with Gasteiger partial charge in [-0.25, -0.2) is 17.2 Å². The van der Waals surface area contributed by atoms with Gasteiger partial charge in [0.2, 0.25) is 10.0 Å². The largest absolute Gasteiger partial charge is 0.480 e. The Morgan fingerprint density at radius 2 is 2.22 bits per heavy atom. The van der Waals surface area contributed by atoms with Crippen LogP contribution < -0.4 is 0 Å². The predicted octanol–water partition coefficient (Wildman–Crippen LogP) is -0.147. The van der Waals surface area contributed by atoms with E-state index in [0.717, 1.165) is 24.1 Å². The molecule has 1 aromatic heterocycles. The molecule has 0 aliphatic carbocycles. The number of rotatable bonds is 6. The zero-order chi connectivity index (χ0) is 13.9. The van der Waals surface area contributed by atoms with Gasteiger partial charge in [0.05, 0.1) is 6.20 Å². The first kappa shape index (κ1) is 14.5. The Kier molecular flexibility index (Phi) is 4.35. The number of sulfonamides is 1. The van der Waals surface area contributed by atoms with Crippen molar-refractivity contribution in [2.75, 3.05) is 13.6 Å². The Morgan fingerprint density at radius 3 is 2.72 bits per heavy atom. The van der Waals surface area contributed by atoms with E-state index in [2.05, 4.69) is 5.10 Å². The molecule has 0 unspecified atom stereocenters. The van der Waals surface area contributed by atoms with Crippen LogP contribution in [0.3, 0.4) is 0 Å². The van der Waals surface area contributed by atoms with Gasteiger partial charge in [-0.1, -0.05) is 0 Å². The summed E-state index contributed by atoms with van der Waals surface area (Å²) in [5.74, 6) is -1.32. The van der Waals surface area contributed by atoms with Crippen molar-refractivity contribution in [2.45, 2.75) is 17.9 Å². The quantitative estimate of drug-likeness (QED) is 0.784. The summed E-state index contributed by atoms with van der Waals surface area (Å²) < 4.78 is 49.1. The monoisotopic (exact) mass is 283 g/mol. The van der Waals surface area contributed by atoms with Crippen LogP contribution in [0.15, 0.2) is 17.3 Å². The molecule has 7 nitrogen and oxygen atoms in total. The molecule has 0 fully saturated rings. The number of hydrogen-bond donors (Lipinski definition) is 1. The number of alkyl halides is 2. The Bertz CT molecular complexity index is 528.